The Kier molecular flexibility index (Phi) is 5.83. The fraction of sp³-hybridized carbons (Fsp3) is 0.222. The van der Waals surface area contributed by atoms with Gasteiger partial charge in [-0.25, -0.2) is 19.4 Å². The van der Waals surface area contributed by atoms with Crippen molar-refractivity contribution in [1.29, 1.82) is 0 Å². The molecule has 2 amide bonds. The highest BCUT2D eigenvalue weighted by atomic mass is 16.5. The molecule has 9 heteroatoms. The molecular weight excluding hydrogens is 348 g/mol. The minimum absolute atomic E-state index is 0.296. The third-order valence-corrected chi connectivity index (χ3v) is 3.87. The van der Waals surface area contributed by atoms with E-state index in [1.54, 1.807) is 49.6 Å². The maximum atomic E-state index is 12.2. The Morgan fingerprint density at radius 1 is 1.11 bits per heavy atom. The first kappa shape index (κ1) is 18.2. The van der Waals surface area contributed by atoms with Crippen molar-refractivity contribution in [2.45, 2.75) is 13.1 Å². The number of pyridine rings is 1. The van der Waals surface area contributed by atoms with Gasteiger partial charge in [-0.2, -0.15) is 5.10 Å². The van der Waals surface area contributed by atoms with Gasteiger partial charge in [0.05, 0.1) is 14.2 Å². The smallest absolute Gasteiger partial charge is 0.315 e. The number of ether oxygens (including phenoxy) is 2. The van der Waals surface area contributed by atoms with Gasteiger partial charge in [-0.05, 0) is 24.3 Å². The molecule has 3 aromatic rings. The van der Waals surface area contributed by atoms with E-state index in [2.05, 4.69) is 25.7 Å². The number of methoxy groups -OCH3 is 2. The predicted molar refractivity (Wildman–Crippen MR) is 97.8 cm³/mol. The summed E-state index contributed by atoms with van der Waals surface area (Å²) in [6.07, 6.45) is 4.65. The third kappa shape index (κ3) is 4.51. The second kappa shape index (κ2) is 8.65. The van der Waals surface area contributed by atoms with Crippen molar-refractivity contribution in [3.63, 3.8) is 0 Å². The van der Waals surface area contributed by atoms with Crippen molar-refractivity contribution in [3.05, 3.63) is 60.3 Å². The van der Waals surface area contributed by atoms with Crippen molar-refractivity contribution < 1.29 is 14.3 Å². The van der Waals surface area contributed by atoms with Crippen LogP contribution in [0.2, 0.25) is 0 Å². The molecule has 0 bridgehead atoms. The number of nitrogens with one attached hydrogen (secondary N) is 2. The number of hydrogen-bond acceptors (Lipinski definition) is 6. The average molecular weight is 368 g/mol. The normalized spacial score (nSPS) is 10.3. The number of urea groups is 1. The van der Waals surface area contributed by atoms with E-state index in [9.17, 15) is 4.79 Å². The van der Waals surface area contributed by atoms with Crippen LogP contribution >= 0.6 is 0 Å². The number of aromatic nitrogens is 4. The van der Waals surface area contributed by atoms with Gasteiger partial charge in [-0.1, -0.05) is 6.07 Å². The molecule has 2 aromatic heterocycles. The summed E-state index contributed by atoms with van der Waals surface area (Å²) < 4.78 is 12.1. The molecule has 0 aliphatic heterocycles. The predicted octanol–water partition coefficient (Wildman–Crippen LogP) is 1.68. The first-order chi connectivity index (χ1) is 13.2. The van der Waals surface area contributed by atoms with Gasteiger partial charge in [0, 0.05) is 30.4 Å². The highest BCUT2D eigenvalue weighted by molar-refractivity contribution is 5.74. The fourth-order valence-corrected chi connectivity index (χ4v) is 2.53. The summed E-state index contributed by atoms with van der Waals surface area (Å²) in [5, 5.41) is 9.70. The molecule has 0 fully saturated rings. The first-order valence-corrected chi connectivity index (χ1v) is 8.22. The van der Waals surface area contributed by atoms with Crippen LogP contribution in [-0.4, -0.2) is 40.0 Å². The lowest BCUT2D eigenvalue weighted by atomic mass is 10.2. The molecule has 140 valence electrons. The first-order valence-electron chi connectivity index (χ1n) is 8.22. The monoisotopic (exact) mass is 368 g/mol. The van der Waals surface area contributed by atoms with E-state index in [4.69, 9.17) is 9.47 Å². The lowest BCUT2D eigenvalue weighted by molar-refractivity contribution is 0.240. The Bertz CT molecular complexity index is 898. The Morgan fingerprint density at radius 2 is 1.93 bits per heavy atom. The van der Waals surface area contributed by atoms with Gasteiger partial charge < -0.3 is 20.1 Å². The van der Waals surface area contributed by atoms with Gasteiger partial charge in [0.2, 0.25) is 0 Å². The molecule has 0 spiro atoms. The van der Waals surface area contributed by atoms with Crippen LogP contribution in [0.1, 0.15) is 11.1 Å². The van der Waals surface area contributed by atoms with Gasteiger partial charge in [-0.3, -0.25) is 0 Å². The van der Waals surface area contributed by atoms with E-state index in [0.29, 0.717) is 30.4 Å². The van der Waals surface area contributed by atoms with Crippen molar-refractivity contribution >= 4 is 6.03 Å². The molecule has 0 saturated heterocycles. The molecular formula is C18H20N6O3. The second-order valence-corrected chi connectivity index (χ2v) is 5.54. The number of amides is 2. The Balaban J connectivity index is 1.60. The average Bonchev–Trinajstić information content (AvgIpc) is 3.25. The van der Waals surface area contributed by atoms with Crippen molar-refractivity contribution in [2.75, 3.05) is 14.2 Å². The molecule has 2 heterocycles. The zero-order valence-electron chi connectivity index (χ0n) is 15.0. The number of rotatable bonds is 7. The molecule has 0 unspecified atom stereocenters. The van der Waals surface area contributed by atoms with Gasteiger partial charge in [0.1, 0.15) is 24.2 Å². The molecule has 0 aliphatic rings. The Hall–Kier alpha value is -3.62. The van der Waals surface area contributed by atoms with E-state index in [0.717, 1.165) is 11.1 Å². The summed E-state index contributed by atoms with van der Waals surface area (Å²) in [5.41, 5.74) is 1.63. The number of hydrogen-bond donors (Lipinski definition) is 2. The minimum atomic E-state index is -0.312. The summed E-state index contributed by atoms with van der Waals surface area (Å²) in [6, 6.07) is 8.78. The second-order valence-electron chi connectivity index (χ2n) is 5.54. The van der Waals surface area contributed by atoms with Crippen molar-refractivity contribution in [2.24, 2.45) is 0 Å². The highest BCUT2D eigenvalue weighted by Crippen LogP contribution is 2.23. The topological polar surface area (TPSA) is 103 Å². The lowest BCUT2D eigenvalue weighted by Gasteiger charge is -2.13. The third-order valence-electron chi connectivity index (χ3n) is 3.87. The summed E-state index contributed by atoms with van der Waals surface area (Å²) in [6.45, 7) is 0.597. The summed E-state index contributed by atoms with van der Waals surface area (Å²) in [7, 11) is 3.17. The summed E-state index contributed by atoms with van der Waals surface area (Å²) in [5.74, 6) is 1.99. The lowest BCUT2D eigenvalue weighted by Crippen LogP contribution is -2.35. The fourth-order valence-electron chi connectivity index (χ4n) is 2.53. The van der Waals surface area contributed by atoms with Gasteiger partial charge in [-0.15, -0.1) is 0 Å². The van der Waals surface area contributed by atoms with Crippen molar-refractivity contribution in [3.8, 4) is 17.3 Å². The van der Waals surface area contributed by atoms with Crippen LogP contribution in [0.3, 0.4) is 0 Å². The van der Waals surface area contributed by atoms with Crippen LogP contribution in [0, 0.1) is 0 Å². The Labute approximate surface area is 156 Å². The van der Waals surface area contributed by atoms with Crippen LogP contribution in [0.4, 0.5) is 4.79 Å². The highest BCUT2D eigenvalue weighted by Gasteiger charge is 2.10. The van der Waals surface area contributed by atoms with Crippen LogP contribution in [-0.2, 0) is 13.1 Å². The van der Waals surface area contributed by atoms with Crippen LogP contribution in [0.15, 0.2) is 49.2 Å². The molecule has 3 rings (SSSR count). The van der Waals surface area contributed by atoms with Crippen molar-refractivity contribution in [1.82, 2.24) is 30.4 Å². The molecule has 0 aliphatic carbocycles. The van der Waals surface area contributed by atoms with Gasteiger partial charge in [0.25, 0.3) is 0 Å². The van der Waals surface area contributed by atoms with Crippen LogP contribution in [0.5, 0.6) is 11.5 Å². The molecule has 2 N–H and O–H groups in total. The van der Waals surface area contributed by atoms with Crippen LogP contribution < -0.4 is 20.1 Å². The summed E-state index contributed by atoms with van der Waals surface area (Å²) >= 11 is 0. The molecule has 27 heavy (non-hydrogen) atoms. The number of carbonyl (C=O) groups is 1. The maximum Gasteiger partial charge on any atom is 0.315 e. The zero-order chi connectivity index (χ0) is 19.1. The number of nitrogens with zero attached hydrogens (tertiary/aromatic N) is 4. The molecule has 1 aromatic carbocycles. The van der Waals surface area contributed by atoms with E-state index < -0.39 is 0 Å². The van der Waals surface area contributed by atoms with E-state index >= 15 is 0 Å². The standard InChI is InChI=1S/C18H20N6O3/c1-26-15-5-6-16(27-2)14(8-15)10-22-18(25)21-9-13-4-3-7-20-17(13)24-12-19-11-23-24/h3-8,11-12H,9-10H2,1-2H3,(H2,21,22,25). The number of benzene rings is 1. The van der Waals surface area contributed by atoms with Gasteiger partial charge >= 0.3 is 6.03 Å². The quantitative estimate of drug-likeness (QED) is 0.658. The van der Waals surface area contributed by atoms with E-state index in [1.807, 2.05) is 12.1 Å². The van der Waals surface area contributed by atoms with E-state index in [1.165, 1.54) is 6.33 Å². The van der Waals surface area contributed by atoms with Crippen LogP contribution in [0.25, 0.3) is 5.82 Å². The molecule has 0 radical (unpaired) electrons. The Morgan fingerprint density at radius 3 is 2.63 bits per heavy atom. The molecule has 9 nitrogen and oxygen atoms in total. The number of carbonyl (C=O) groups excluding carboxylic acids is 1. The maximum absolute atomic E-state index is 12.2. The van der Waals surface area contributed by atoms with E-state index in [-0.39, 0.29) is 6.03 Å². The minimum Gasteiger partial charge on any atom is -0.497 e. The molecule has 0 saturated carbocycles. The molecule has 0 atom stereocenters. The zero-order valence-corrected chi connectivity index (χ0v) is 15.0. The summed E-state index contributed by atoms with van der Waals surface area (Å²) in [4.78, 5) is 20.4. The largest absolute Gasteiger partial charge is 0.497 e. The van der Waals surface area contributed by atoms with Gasteiger partial charge in [0.15, 0.2) is 5.82 Å². The SMILES string of the molecule is COc1ccc(OC)c(CNC(=O)NCc2cccnc2-n2cncn2)c1.